The van der Waals surface area contributed by atoms with E-state index < -0.39 is 23.6 Å². The molecule has 0 fully saturated rings. The third-order valence-electron chi connectivity index (χ3n) is 4.41. The number of carbonyl (C=O) groups excluding carboxylic acids is 2. The molecule has 1 aromatic carbocycles. The van der Waals surface area contributed by atoms with E-state index in [0.717, 1.165) is 11.6 Å². The van der Waals surface area contributed by atoms with Gasteiger partial charge in [0.15, 0.2) is 5.82 Å². The van der Waals surface area contributed by atoms with Crippen molar-refractivity contribution in [2.75, 3.05) is 0 Å². The minimum Gasteiger partial charge on any atom is -0.273 e. The molecule has 0 atom stereocenters. The first kappa shape index (κ1) is 22.0. The third kappa shape index (κ3) is 5.27. The molecule has 0 aliphatic rings. The lowest BCUT2D eigenvalue weighted by molar-refractivity contribution is -0.137. The quantitative estimate of drug-likeness (QED) is 0.606. The number of hydrazine groups is 1. The monoisotopic (exact) mass is 431 g/mol. The van der Waals surface area contributed by atoms with Gasteiger partial charge in [0.05, 0.1) is 29.4 Å². The van der Waals surface area contributed by atoms with Crippen LogP contribution >= 0.6 is 0 Å². The maximum absolute atomic E-state index is 12.8. The third-order valence-corrected chi connectivity index (χ3v) is 4.41. The Bertz CT molecular complexity index is 1060. The molecule has 0 aliphatic carbocycles. The normalized spacial score (nSPS) is 11.4. The lowest BCUT2D eigenvalue weighted by atomic mass is 10.1. The van der Waals surface area contributed by atoms with Crippen LogP contribution in [0.25, 0.3) is 5.82 Å². The first-order valence-corrected chi connectivity index (χ1v) is 9.41. The Morgan fingerprint density at radius 1 is 1.03 bits per heavy atom. The van der Waals surface area contributed by atoms with Gasteiger partial charge in [-0.1, -0.05) is 44.2 Å². The van der Waals surface area contributed by atoms with E-state index in [1.165, 1.54) is 16.9 Å². The summed E-state index contributed by atoms with van der Waals surface area (Å²) in [6, 6.07) is 11.1. The summed E-state index contributed by atoms with van der Waals surface area (Å²) < 4.78 is 39.6. The number of carbonyl (C=O) groups is 2. The summed E-state index contributed by atoms with van der Waals surface area (Å²) in [6.07, 6.45) is -2.41. The fourth-order valence-corrected chi connectivity index (χ4v) is 2.97. The Kier molecular flexibility index (Phi) is 6.38. The average Bonchev–Trinajstić information content (AvgIpc) is 3.18. The molecule has 3 aromatic rings. The Balaban J connectivity index is 1.75. The van der Waals surface area contributed by atoms with Crippen molar-refractivity contribution in [2.24, 2.45) is 0 Å². The van der Waals surface area contributed by atoms with Gasteiger partial charge in [-0.05, 0) is 23.6 Å². The van der Waals surface area contributed by atoms with Crippen molar-refractivity contribution in [3.8, 4) is 5.82 Å². The van der Waals surface area contributed by atoms with Crippen LogP contribution in [0.4, 0.5) is 13.2 Å². The van der Waals surface area contributed by atoms with Gasteiger partial charge in [-0.3, -0.25) is 20.4 Å². The molecule has 31 heavy (non-hydrogen) atoms. The molecule has 162 valence electrons. The maximum Gasteiger partial charge on any atom is 0.417 e. The highest BCUT2D eigenvalue weighted by Gasteiger charge is 2.31. The summed E-state index contributed by atoms with van der Waals surface area (Å²) in [4.78, 5) is 28.5. The Morgan fingerprint density at radius 3 is 2.32 bits per heavy atom. The Hall–Kier alpha value is -3.69. The van der Waals surface area contributed by atoms with Crippen LogP contribution in [0.3, 0.4) is 0 Å². The summed E-state index contributed by atoms with van der Waals surface area (Å²) in [6.45, 7) is 3.62. The van der Waals surface area contributed by atoms with Crippen molar-refractivity contribution in [3.05, 3.63) is 77.2 Å². The number of hydrogen-bond acceptors (Lipinski definition) is 4. The van der Waals surface area contributed by atoms with Crippen LogP contribution < -0.4 is 10.9 Å². The summed E-state index contributed by atoms with van der Waals surface area (Å²) >= 11 is 0. The van der Waals surface area contributed by atoms with E-state index in [0.29, 0.717) is 11.9 Å². The lowest BCUT2D eigenvalue weighted by Gasteiger charge is -2.13. The molecule has 2 aromatic heterocycles. The van der Waals surface area contributed by atoms with E-state index in [-0.39, 0.29) is 23.7 Å². The second-order valence-electron chi connectivity index (χ2n) is 7.08. The predicted octanol–water partition coefficient (Wildman–Crippen LogP) is 3.41. The highest BCUT2D eigenvalue weighted by atomic mass is 19.4. The standard InChI is InChI=1S/C21H20F3N5O2/c1-13(2)19-16(20(31)28-27-18(30)10-14-6-4-3-5-7-14)12-26-29(19)17-9-8-15(11-25-17)21(22,23)24/h3-9,11-13H,10H2,1-2H3,(H,27,30)(H,28,31). The molecular formula is C21H20F3N5O2. The lowest BCUT2D eigenvalue weighted by Crippen LogP contribution is -2.42. The summed E-state index contributed by atoms with van der Waals surface area (Å²) in [7, 11) is 0. The van der Waals surface area contributed by atoms with Crippen molar-refractivity contribution in [3.63, 3.8) is 0 Å². The molecule has 0 saturated carbocycles. The van der Waals surface area contributed by atoms with Gasteiger partial charge in [-0.25, -0.2) is 9.67 Å². The van der Waals surface area contributed by atoms with Crippen LogP contribution in [0.15, 0.2) is 54.9 Å². The first-order chi connectivity index (χ1) is 14.7. The predicted molar refractivity (Wildman–Crippen MR) is 106 cm³/mol. The van der Waals surface area contributed by atoms with Crippen LogP contribution in [-0.4, -0.2) is 26.6 Å². The van der Waals surface area contributed by atoms with Gasteiger partial charge < -0.3 is 0 Å². The number of aromatic nitrogens is 3. The van der Waals surface area contributed by atoms with Crippen LogP contribution in [0.1, 0.15) is 46.9 Å². The highest BCUT2D eigenvalue weighted by molar-refractivity contribution is 5.96. The molecule has 0 spiro atoms. The number of alkyl halides is 3. The molecule has 7 nitrogen and oxygen atoms in total. The summed E-state index contributed by atoms with van der Waals surface area (Å²) in [5.41, 5.74) is 5.23. The Morgan fingerprint density at radius 2 is 1.74 bits per heavy atom. The Labute approximate surface area is 176 Å². The molecular weight excluding hydrogens is 411 g/mol. The number of rotatable bonds is 5. The zero-order valence-corrected chi connectivity index (χ0v) is 16.8. The van der Waals surface area contributed by atoms with Gasteiger partial charge in [0.25, 0.3) is 5.91 Å². The molecule has 0 bridgehead atoms. The molecule has 2 N–H and O–H groups in total. The van der Waals surface area contributed by atoms with E-state index in [2.05, 4.69) is 20.9 Å². The molecule has 2 heterocycles. The van der Waals surface area contributed by atoms with Crippen molar-refractivity contribution >= 4 is 11.8 Å². The minimum atomic E-state index is -4.50. The SMILES string of the molecule is CC(C)c1c(C(=O)NNC(=O)Cc2ccccc2)cnn1-c1ccc(C(F)(F)F)cn1. The van der Waals surface area contributed by atoms with Crippen molar-refractivity contribution in [1.82, 2.24) is 25.6 Å². The van der Waals surface area contributed by atoms with Gasteiger partial charge in [0.1, 0.15) is 0 Å². The molecule has 2 amide bonds. The topological polar surface area (TPSA) is 88.9 Å². The van der Waals surface area contributed by atoms with E-state index in [9.17, 15) is 22.8 Å². The van der Waals surface area contributed by atoms with Gasteiger partial charge in [0, 0.05) is 6.20 Å². The van der Waals surface area contributed by atoms with E-state index in [1.54, 1.807) is 24.3 Å². The zero-order valence-electron chi connectivity index (χ0n) is 16.8. The molecule has 0 saturated heterocycles. The summed E-state index contributed by atoms with van der Waals surface area (Å²) in [5, 5.41) is 4.11. The van der Waals surface area contributed by atoms with Gasteiger partial charge in [0.2, 0.25) is 5.91 Å². The molecule has 0 radical (unpaired) electrons. The van der Waals surface area contributed by atoms with Crippen molar-refractivity contribution < 1.29 is 22.8 Å². The van der Waals surface area contributed by atoms with Crippen LogP contribution in [0.2, 0.25) is 0 Å². The number of halogens is 3. The zero-order chi connectivity index (χ0) is 22.6. The number of nitrogens with zero attached hydrogens (tertiary/aromatic N) is 3. The fraction of sp³-hybridized carbons (Fsp3) is 0.238. The van der Waals surface area contributed by atoms with Gasteiger partial charge in [-0.15, -0.1) is 0 Å². The number of amides is 2. The van der Waals surface area contributed by atoms with E-state index >= 15 is 0 Å². The van der Waals surface area contributed by atoms with Crippen molar-refractivity contribution in [1.29, 1.82) is 0 Å². The number of pyridine rings is 1. The van der Waals surface area contributed by atoms with Gasteiger partial charge in [-0.2, -0.15) is 18.3 Å². The van der Waals surface area contributed by atoms with Crippen LogP contribution in [0.5, 0.6) is 0 Å². The molecule has 3 rings (SSSR count). The second-order valence-corrected chi connectivity index (χ2v) is 7.08. The second kappa shape index (κ2) is 8.99. The molecule has 10 heteroatoms. The number of hydrogen-bond donors (Lipinski definition) is 2. The van der Waals surface area contributed by atoms with E-state index in [4.69, 9.17) is 0 Å². The first-order valence-electron chi connectivity index (χ1n) is 9.41. The van der Waals surface area contributed by atoms with Gasteiger partial charge >= 0.3 is 6.18 Å². The largest absolute Gasteiger partial charge is 0.417 e. The fourth-order valence-electron chi connectivity index (χ4n) is 2.97. The molecule has 0 aliphatic heterocycles. The number of nitrogens with one attached hydrogen (secondary N) is 2. The minimum absolute atomic E-state index is 0.0902. The summed E-state index contributed by atoms with van der Waals surface area (Å²) in [5.74, 6) is -1.05. The average molecular weight is 431 g/mol. The highest BCUT2D eigenvalue weighted by Crippen LogP contribution is 2.29. The number of benzene rings is 1. The van der Waals surface area contributed by atoms with Crippen LogP contribution in [-0.2, 0) is 17.4 Å². The maximum atomic E-state index is 12.8. The van der Waals surface area contributed by atoms with Crippen molar-refractivity contribution in [2.45, 2.75) is 32.4 Å². The molecule has 0 unspecified atom stereocenters. The van der Waals surface area contributed by atoms with Crippen LogP contribution in [0, 0.1) is 0 Å². The smallest absolute Gasteiger partial charge is 0.273 e. The van der Waals surface area contributed by atoms with E-state index in [1.807, 2.05) is 19.9 Å².